The molecule has 0 unspecified atom stereocenters. The highest BCUT2D eigenvalue weighted by Crippen LogP contribution is 2.45. The van der Waals surface area contributed by atoms with Crippen LogP contribution >= 0.6 is 11.8 Å². The molecule has 1 aliphatic carbocycles. The van der Waals surface area contributed by atoms with Crippen LogP contribution in [0.4, 0.5) is 4.79 Å². The second-order valence-corrected chi connectivity index (χ2v) is 8.24. The van der Waals surface area contributed by atoms with Gasteiger partial charge in [0.1, 0.15) is 5.60 Å². The molecule has 1 heterocycles. The molecule has 1 aromatic heterocycles. The lowest BCUT2D eigenvalue weighted by Gasteiger charge is -2.22. The van der Waals surface area contributed by atoms with E-state index in [0.717, 1.165) is 40.3 Å². The lowest BCUT2D eigenvalue weighted by molar-refractivity contribution is 0.0535. The molecule has 0 saturated heterocycles. The Morgan fingerprint density at radius 1 is 1.32 bits per heavy atom. The van der Waals surface area contributed by atoms with Crippen LogP contribution in [0.15, 0.2) is 35.2 Å². The summed E-state index contributed by atoms with van der Waals surface area (Å²) in [5.41, 5.74) is 2.86. The molecule has 0 radical (unpaired) electrons. The van der Waals surface area contributed by atoms with Gasteiger partial charge in [-0.2, -0.15) is 0 Å². The van der Waals surface area contributed by atoms with Gasteiger partial charge in [-0.1, -0.05) is 18.2 Å². The van der Waals surface area contributed by atoms with Gasteiger partial charge in [0, 0.05) is 21.7 Å². The molecule has 25 heavy (non-hydrogen) atoms. The van der Waals surface area contributed by atoms with Gasteiger partial charge < -0.3 is 9.84 Å². The lowest BCUT2D eigenvalue weighted by atomic mass is 10.1. The van der Waals surface area contributed by atoms with E-state index < -0.39 is 5.60 Å². The van der Waals surface area contributed by atoms with Gasteiger partial charge in [-0.3, -0.25) is 0 Å². The Hall–Kier alpha value is -1.72. The van der Waals surface area contributed by atoms with Crippen molar-refractivity contribution in [3.05, 3.63) is 41.6 Å². The Kier molecular flexibility index (Phi) is 4.98. The third kappa shape index (κ3) is 3.77. The maximum absolute atomic E-state index is 13.0. The molecule has 0 bridgehead atoms. The first-order valence-electron chi connectivity index (χ1n) is 8.58. The van der Waals surface area contributed by atoms with Crippen LogP contribution in [0.2, 0.25) is 0 Å². The number of nitrogens with zero attached hydrogens (tertiary/aromatic N) is 1. The second kappa shape index (κ2) is 6.89. The van der Waals surface area contributed by atoms with Crippen LogP contribution < -0.4 is 0 Å². The number of aliphatic hydroxyl groups is 1. The van der Waals surface area contributed by atoms with Gasteiger partial charge in [-0.05, 0) is 57.9 Å². The van der Waals surface area contributed by atoms with Crippen LogP contribution in [0.1, 0.15) is 50.8 Å². The molecular weight excluding hydrogens is 334 g/mol. The summed E-state index contributed by atoms with van der Waals surface area (Å²) >= 11 is 1.63. The number of hydrogen-bond acceptors (Lipinski definition) is 4. The SMILES string of the molecule is CSc1ccccc1-c1c(CO)cc(C2CC2)n1C(=O)OC(C)(C)C. The summed E-state index contributed by atoms with van der Waals surface area (Å²) in [7, 11) is 0. The molecule has 2 aromatic rings. The van der Waals surface area contributed by atoms with Gasteiger partial charge in [0.2, 0.25) is 0 Å². The number of aromatic nitrogens is 1. The van der Waals surface area contributed by atoms with E-state index in [9.17, 15) is 9.90 Å². The van der Waals surface area contributed by atoms with Crippen molar-refractivity contribution in [1.29, 1.82) is 0 Å². The first-order valence-corrected chi connectivity index (χ1v) is 9.80. The molecule has 1 N–H and O–H groups in total. The van der Waals surface area contributed by atoms with Gasteiger partial charge in [-0.25, -0.2) is 9.36 Å². The Labute approximate surface area is 153 Å². The zero-order valence-corrected chi connectivity index (χ0v) is 16.0. The van der Waals surface area contributed by atoms with Gasteiger partial charge in [-0.15, -0.1) is 11.8 Å². The minimum atomic E-state index is -0.572. The summed E-state index contributed by atoms with van der Waals surface area (Å²) < 4.78 is 7.36. The first kappa shape index (κ1) is 18.1. The summed E-state index contributed by atoms with van der Waals surface area (Å²) in [4.78, 5) is 14.1. The highest BCUT2D eigenvalue weighted by molar-refractivity contribution is 7.98. The van der Waals surface area contributed by atoms with E-state index in [1.165, 1.54) is 0 Å². The molecule has 1 fully saturated rings. The molecule has 1 saturated carbocycles. The van der Waals surface area contributed by atoms with E-state index in [2.05, 4.69) is 0 Å². The van der Waals surface area contributed by atoms with Crippen molar-refractivity contribution >= 4 is 17.9 Å². The van der Waals surface area contributed by atoms with Crippen LogP contribution in [0.25, 0.3) is 11.3 Å². The summed E-state index contributed by atoms with van der Waals surface area (Å²) in [6.45, 7) is 5.50. The average molecular weight is 359 g/mol. The van der Waals surface area contributed by atoms with Gasteiger partial charge in [0.15, 0.2) is 0 Å². The van der Waals surface area contributed by atoms with Crippen molar-refractivity contribution in [3.8, 4) is 11.3 Å². The normalized spacial score (nSPS) is 14.6. The Bertz CT molecular complexity index is 785. The number of hydrogen-bond donors (Lipinski definition) is 1. The number of rotatable bonds is 4. The van der Waals surface area contributed by atoms with Gasteiger partial charge in [0.05, 0.1) is 12.3 Å². The third-order valence-electron chi connectivity index (χ3n) is 4.21. The standard InChI is InChI=1S/C20H25NO3S/c1-20(2,3)24-19(23)21-16(13-9-10-13)11-14(12-22)18(21)15-7-5-6-8-17(15)25-4/h5-8,11,13,22H,9-10,12H2,1-4H3. The smallest absolute Gasteiger partial charge is 0.419 e. The average Bonchev–Trinajstić information content (AvgIpc) is 3.33. The van der Waals surface area contributed by atoms with Crippen molar-refractivity contribution in [2.24, 2.45) is 0 Å². The molecule has 3 rings (SSSR count). The Morgan fingerprint density at radius 3 is 2.56 bits per heavy atom. The molecule has 1 aromatic carbocycles. The predicted molar refractivity (Wildman–Crippen MR) is 101 cm³/mol. The number of aliphatic hydroxyl groups excluding tert-OH is 1. The molecule has 4 nitrogen and oxygen atoms in total. The van der Waals surface area contributed by atoms with Crippen molar-refractivity contribution < 1.29 is 14.6 Å². The van der Waals surface area contributed by atoms with E-state index in [0.29, 0.717) is 5.92 Å². The van der Waals surface area contributed by atoms with Crippen LogP contribution in [0, 0.1) is 0 Å². The summed E-state index contributed by atoms with van der Waals surface area (Å²) in [5, 5.41) is 9.93. The second-order valence-electron chi connectivity index (χ2n) is 7.39. The lowest BCUT2D eigenvalue weighted by Crippen LogP contribution is -2.28. The number of benzene rings is 1. The van der Waals surface area contributed by atoms with Crippen LogP contribution in [-0.2, 0) is 11.3 Å². The first-order chi connectivity index (χ1) is 11.9. The maximum atomic E-state index is 13.0. The van der Waals surface area contributed by atoms with Crippen molar-refractivity contribution in [2.75, 3.05) is 6.26 Å². The van der Waals surface area contributed by atoms with Crippen LogP contribution in [0.5, 0.6) is 0 Å². The van der Waals surface area contributed by atoms with Crippen molar-refractivity contribution in [2.45, 2.75) is 56.6 Å². The quantitative estimate of drug-likeness (QED) is 0.778. The molecule has 0 amide bonds. The van der Waals surface area contributed by atoms with E-state index >= 15 is 0 Å². The Balaban J connectivity index is 2.20. The van der Waals surface area contributed by atoms with E-state index in [4.69, 9.17) is 4.74 Å². The maximum Gasteiger partial charge on any atom is 0.419 e. The number of carbonyl (C=O) groups is 1. The van der Waals surface area contributed by atoms with E-state index in [-0.39, 0.29) is 12.7 Å². The molecule has 5 heteroatoms. The fraction of sp³-hybridized carbons (Fsp3) is 0.450. The minimum Gasteiger partial charge on any atom is -0.443 e. The fourth-order valence-corrected chi connectivity index (χ4v) is 3.62. The number of carbonyl (C=O) groups excluding carboxylic acids is 1. The summed E-state index contributed by atoms with van der Waals surface area (Å²) in [6, 6.07) is 9.94. The Morgan fingerprint density at radius 2 is 2.00 bits per heavy atom. The van der Waals surface area contributed by atoms with Crippen LogP contribution in [-0.4, -0.2) is 27.6 Å². The zero-order valence-electron chi connectivity index (χ0n) is 15.2. The minimum absolute atomic E-state index is 0.104. The van der Waals surface area contributed by atoms with Crippen molar-refractivity contribution in [3.63, 3.8) is 0 Å². The van der Waals surface area contributed by atoms with Gasteiger partial charge in [0.25, 0.3) is 0 Å². The third-order valence-corrected chi connectivity index (χ3v) is 5.01. The summed E-state index contributed by atoms with van der Waals surface area (Å²) in [6.07, 6.45) is 3.78. The van der Waals surface area contributed by atoms with Crippen molar-refractivity contribution in [1.82, 2.24) is 4.57 Å². The molecule has 0 spiro atoms. The monoisotopic (exact) mass is 359 g/mol. The highest BCUT2D eigenvalue weighted by Gasteiger charge is 2.34. The molecule has 1 aliphatic rings. The molecular formula is C20H25NO3S. The fourth-order valence-electron chi connectivity index (χ4n) is 3.02. The van der Waals surface area contributed by atoms with Gasteiger partial charge >= 0.3 is 6.09 Å². The number of thioether (sulfide) groups is 1. The molecule has 134 valence electrons. The topological polar surface area (TPSA) is 51.5 Å². The predicted octanol–water partition coefficient (Wildman–Crippen LogP) is 5.03. The number of ether oxygens (including phenoxy) is 1. The molecule has 0 atom stereocenters. The largest absolute Gasteiger partial charge is 0.443 e. The van der Waals surface area contributed by atoms with Crippen LogP contribution in [0.3, 0.4) is 0 Å². The highest BCUT2D eigenvalue weighted by atomic mass is 32.2. The summed E-state index contributed by atoms with van der Waals surface area (Å²) in [5.74, 6) is 0.369. The molecule has 0 aliphatic heterocycles. The van der Waals surface area contributed by atoms with E-state index in [1.807, 2.05) is 57.4 Å². The van der Waals surface area contributed by atoms with E-state index in [1.54, 1.807) is 16.3 Å². The zero-order chi connectivity index (χ0) is 18.2.